The maximum Gasteiger partial charge on any atom is 0.0733 e. The smallest absolute Gasteiger partial charge is 0.0733 e. The summed E-state index contributed by atoms with van der Waals surface area (Å²) >= 11 is 0. The van der Waals surface area contributed by atoms with E-state index in [0.29, 0.717) is 23.7 Å². The molecule has 3 rings (SSSR count). The first kappa shape index (κ1) is 10.1. The van der Waals surface area contributed by atoms with Gasteiger partial charge in [0.2, 0.25) is 0 Å². The van der Waals surface area contributed by atoms with Crippen LogP contribution in [0.4, 0.5) is 0 Å². The van der Waals surface area contributed by atoms with E-state index in [0.717, 1.165) is 12.5 Å². The zero-order valence-electron chi connectivity index (χ0n) is 9.96. The maximum absolute atomic E-state index is 6.25. The summed E-state index contributed by atoms with van der Waals surface area (Å²) in [6, 6.07) is 0.628. The monoisotopic (exact) mass is 209 g/mol. The molecule has 0 bridgehead atoms. The molecule has 3 atom stereocenters. The van der Waals surface area contributed by atoms with Gasteiger partial charge in [-0.05, 0) is 43.4 Å². The Morgan fingerprint density at radius 2 is 1.93 bits per heavy atom. The summed E-state index contributed by atoms with van der Waals surface area (Å²) in [6.45, 7) is 5.87. The Bertz CT molecular complexity index is 247. The standard InChI is InChI=1S/C13H23NO/c1-13(2)6-5-11-10(7-13)14-8-12(15-11)9-3-4-9/h9-12,14H,3-8H2,1-2H3. The zero-order chi connectivity index (χ0) is 10.5. The van der Waals surface area contributed by atoms with Gasteiger partial charge >= 0.3 is 0 Å². The SMILES string of the molecule is CC1(C)CCC2OC(C3CC3)CNC2C1. The summed E-state index contributed by atoms with van der Waals surface area (Å²) in [5.41, 5.74) is 0.518. The Balaban J connectivity index is 1.62. The van der Waals surface area contributed by atoms with Crippen molar-refractivity contribution in [3.05, 3.63) is 0 Å². The molecule has 0 aromatic rings. The molecule has 2 saturated carbocycles. The fraction of sp³-hybridized carbons (Fsp3) is 1.00. The minimum Gasteiger partial charge on any atom is -0.372 e. The quantitative estimate of drug-likeness (QED) is 0.715. The number of hydrogen-bond acceptors (Lipinski definition) is 2. The molecule has 0 spiro atoms. The largest absolute Gasteiger partial charge is 0.372 e. The van der Waals surface area contributed by atoms with Crippen LogP contribution >= 0.6 is 0 Å². The number of hydrogen-bond donors (Lipinski definition) is 1. The summed E-state index contributed by atoms with van der Waals surface area (Å²) in [4.78, 5) is 0. The van der Waals surface area contributed by atoms with Gasteiger partial charge in [0.15, 0.2) is 0 Å². The molecule has 3 aliphatic rings. The molecule has 0 amide bonds. The van der Waals surface area contributed by atoms with E-state index in [2.05, 4.69) is 19.2 Å². The molecule has 86 valence electrons. The van der Waals surface area contributed by atoms with Gasteiger partial charge in [0.1, 0.15) is 0 Å². The van der Waals surface area contributed by atoms with Gasteiger partial charge in [0.05, 0.1) is 12.2 Å². The Kier molecular flexibility index (Phi) is 2.33. The van der Waals surface area contributed by atoms with Gasteiger partial charge < -0.3 is 10.1 Å². The number of morpholine rings is 1. The van der Waals surface area contributed by atoms with E-state index in [-0.39, 0.29) is 0 Å². The van der Waals surface area contributed by atoms with Crippen LogP contribution in [0.15, 0.2) is 0 Å². The van der Waals surface area contributed by atoms with Gasteiger partial charge in [-0.15, -0.1) is 0 Å². The van der Waals surface area contributed by atoms with Crippen LogP contribution in [0.5, 0.6) is 0 Å². The first-order chi connectivity index (χ1) is 7.14. The van der Waals surface area contributed by atoms with Crippen molar-refractivity contribution >= 4 is 0 Å². The summed E-state index contributed by atoms with van der Waals surface area (Å²) in [5.74, 6) is 0.883. The molecule has 0 aromatic carbocycles. The zero-order valence-corrected chi connectivity index (χ0v) is 9.96. The lowest BCUT2D eigenvalue weighted by Gasteiger charge is -2.46. The van der Waals surface area contributed by atoms with Crippen molar-refractivity contribution in [3.63, 3.8) is 0 Å². The summed E-state index contributed by atoms with van der Waals surface area (Å²) < 4.78 is 6.25. The average molecular weight is 209 g/mol. The summed E-state index contributed by atoms with van der Waals surface area (Å²) in [6.07, 6.45) is 7.71. The molecule has 2 aliphatic carbocycles. The molecule has 1 saturated heterocycles. The number of fused-ring (bicyclic) bond motifs is 1. The number of ether oxygens (including phenoxy) is 1. The van der Waals surface area contributed by atoms with E-state index in [1.54, 1.807) is 0 Å². The highest BCUT2D eigenvalue weighted by Crippen LogP contribution is 2.41. The van der Waals surface area contributed by atoms with E-state index in [9.17, 15) is 0 Å². The maximum atomic E-state index is 6.25. The molecule has 1 N–H and O–H groups in total. The molecule has 0 radical (unpaired) electrons. The first-order valence-electron chi connectivity index (χ1n) is 6.53. The van der Waals surface area contributed by atoms with Crippen LogP contribution in [0.2, 0.25) is 0 Å². The highest BCUT2D eigenvalue weighted by Gasteiger charge is 2.43. The molecule has 3 unspecified atom stereocenters. The minimum atomic E-state index is 0.511. The lowest BCUT2D eigenvalue weighted by Crippen LogP contribution is -2.56. The predicted octanol–water partition coefficient (Wildman–Crippen LogP) is 2.33. The predicted molar refractivity (Wildman–Crippen MR) is 60.8 cm³/mol. The van der Waals surface area contributed by atoms with Crippen LogP contribution in [-0.4, -0.2) is 24.8 Å². The van der Waals surface area contributed by atoms with Crippen molar-refractivity contribution in [3.8, 4) is 0 Å². The molecular formula is C13H23NO. The summed E-state index contributed by atoms with van der Waals surface area (Å²) in [5, 5.41) is 3.72. The van der Waals surface area contributed by atoms with Crippen LogP contribution in [-0.2, 0) is 4.74 Å². The topological polar surface area (TPSA) is 21.3 Å². The van der Waals surface area contributed by atoms with Crippen molar-refractivity contribution in [2.75, 3.05) is 6.54 Å². The molecule has 0 aromatic heterocycles. The van der Waals surface area contributed by atoms with Crippen molar-refractivity contribution < 1.29 is 4.74 Å². The highest BCUT2D eigenvalue weighted by atomic mass is 16.5. The van der Waals surface area contributed by atoms with Crippen LogP contribution in [0.1, 0.15) is 46.0 Å². The lowest BCUT2D eigenvalue weighted by molar-refractivity contribution is -0.101. The fourth-order valence-corrected chi connectivity index (χ4v) is 3.22. The molecule has 1 aliphatic heterocycles. The second-order valence-electron chi connectivity index (χ2n) is 6.47. The second-order valence-corrected chi connectivity index (χ2v) is 6.47. The highest BCUT2D eigenvalue weighted by molar-refractivity contribution is 4.96. The van der Waals surface area contributed by atoms with Crippen molar-refractivity contribution in [1.29, 1.82) is 0 Å². The van der Waals surface area contributed by atoms with E-state index in [4.69, 9.17) is 4.74 Å². The normalized spacial score (nSPS) is 44.8. The van der Waals surface area contributed by atoms with Crippen LogP contribution in [0.25, 0.3) is 0 Å². The fourth-order valence-electron chi connectivity index (χ4n) is 3.22. The van der Waals surface area contributed by atoms with Gasteiger partial charge in [0.25, 0.3) is 0 Å². The van der Waals surface area contributed by atoms with Gasteiger partial charge in [-0.3, -0.25) is 0 Å². The van der Waals surface area contributed by atoms with Crippen molar-refractivity contribution in [2.45, 2.75) is 64.2 Å². The third kappa shape index (κ3) is 2.07. The first-order valence-corrected chi connectivity index (χ1v) is 6.53. The van der Waals surface area contributed by atoms with Gasteiger partial charge in [-0.1, -0.05) is 13.8 Å². The molecular weight excluding hydrogens is 186 g/mol. The van der Waals surface area contributed by atoms with E-state index >= 15 is 0 Å². The van der Waals surface area contributed by atoms with Crippen LogP contribution in [0, 0.1) is 11.3 Å². The second kappa shape index (κ2) is 3.46. The van der Waals surface area contributed by atoms with Crippen molar-refractivity contribution in [1.82, 2.24) is 5.32 Å². The van der Waals surface area contributed by atoms with E-state index in [1.165, 1.54) is 32.1 Å². The Hall–Kier alpha value is -0.0800. The third-order valence-corrected chi connectivity index (χ3v) is 4.41. The number of rotatable bonds is 1. The lowest BCUT2D eigenvalue weighted by atomic mass is 9.73. The summed E-state index contributed by atoms with van der Waals surface area (Å²) in [7, 11) is 0. The minimum absolute atomic E-state index is 0.511. The van der Waals surface area contributed by atoms with Crippen molar-refractivity contribution in [2.24, 2.45) is 11.3 Å². The third-order valence-electron chi connectivity index (χ3n) is 4.41. The Morgan fingerprint density at radius 1 is 1.13 bits per heavy atom. The molecule has 3 fully saturated rings. The molecule has 2 heteroatoms. The van der Waals surface area contributed by atoms with Crippen LogP contribution < -0.4 is 5.32 Å². The van der Waals surface area contributed by atoms with Gasteiger partial charge in [-0.2, -0.15) is 0 Å². The molecule has 15 heavy (non-hydrogen) atoms. The van der Waals surface area contributed by atoms with Gasteiger partial charge in [0, 0.05) is 12.6 Å². The molecule has 2 nitrogen and oxygen atoms in total. The van der Waals surface area contributed by atoms with Crippen LogP contribution in [0.3, 0.4) is 0 Å². The average Bonchev–Trinajstić information content (AvgIpc) is 2.99. The van der Waals surface area contributed by atoms with E-state index in [1.807, 2.05) is 0 Å². The number of nitrogens with one attached hydrogen (secondary N) is 1. The molecule has 1 heterocycles. The Labute approximate surface area is 92.8 Å². The van der Waals surface area contributed by atoms with Gasteiger partial charge in [-0.25, -0.2) is 0 Å². The van der Waals surface area contributed by atoms with E-state index < -0.39 is 0 Å². The Morgan fingerprint density at radius 3 is 2.67 bits per heavy atom.